The second-order valence-electron chi connectivity index (χ2n) is 5.57. The highest BCUT2D eigenvalue weighted by atomic mass is 15.3. The van der Waals surface area contributed by atoms with Gasteiger partial charge in [0.25, 0.3) is 0 Å². The first-order valence-electron chi connectivity index (χ1n) is 7.88. The van der Waals surface area contributed by atoms with Crippen LogP contribution in [0.3, 0.4) is 0 Å². The minimum absolute atomic E-state index is 0.740. The van der Waals surface area contributed by atoms with Gasteiger partial charge in [-0.05, 0) is 35.9 Å². The topological polar surface area (TPSA) is 68.5 Å². The van der Waals surface area contributed by atoms with Crippen molar-refractivity contribution in [2.24, 2.45) is 7.05 Å². The quantitative estimate of drug-likeness (QED) is 0.619. The molecule has 0 atom stereocenters. The summed E-state index contributed by atoms with van der Waals surface area (Å²) in [5, 5.41) is 8.47. The molecule has 3 heterocycles. The molecule has 0 unspecified atom stereocenters. The highest BCUT2D eigenvalue weighted by molar-refractivity contribution is 5.88. The maximum Gasteiger partial charge on any atom is 0.163 e. The van der Waals surface area contributed by atoms with Crippen molar-refractivity contribution in [3.05, 3.63) is 72.4 Å². The number of hydrogen-bond acceptors (Lipinski definition) is 5. The van der Waals surface area contributed by atoms with Crippen LogP contribution in [-0.4, -0.2) is 24.7 Å². The predicted octanol–water partition coefficient (Wildman–Crippen LogP) is 3.67. The van der Waals surface area contributed by atoms with Gasteiger partial charge in [0.05, 0.1) is 17.3 Å². The summed E-state index contributed by atoms with van der Waals surface area (Å²) in [7, 11) is 1.86. The van der Waals surface area contributed by atoms with Crippen molar-refractivity contribution in [3.63, 3.8) is 0 Å². The molecule has 25 heavy (non-hydrogen) atoms. The fraction of sp³-hybridized carbons (Fsp3) is 0.0526. The standard InChI is InChI=1S/C19H16N6/c1-25-19-17(12-23-25)18(21-13-22-19)24-16-7-4-5-14(11-16)8-9-15-6-2-3-10-20-15/h2-13H,1H3,(H,21,22,24)/b9-8+. The molecule has 0 saturated heterocycles. The van der Waals surface area contributed by atoms with Gasteiger partial charge in [0, 0.05) is 18.9 Å². The van der Waals surface area contributed by atoms with Crippen LogP contribution in [0.4, 0.5) is 11.5 Å². The van der Waals surface area contributed by atoms with E-state index < -0.39 is 0 Å². The molecule has 0 amide bonds. The molecule has 6 heteroatoms. The third-order valence-electron chi connectivity index (χ3n) is 3.81. The Kier molecular flexibility index (Phi) is 3.92. The Hall–Kier alpha value is -3.54. The van der Waals surface area contributed by atoms with Gasteiger partial charge >= 0.3 is 0 Å². The molecule has 0 bridgehead atoms. The van der Waals surface area contributed by atoms with Gasteiger partial charge in [-0.15, -0.1) is 0 Å². The van der Waals surface area contributed by atoms with Gasteiger partial charge in [-0.3, -0.25) is 9.67 Å². The van der Waals surface area contributed by atoms with Crippen molar-refractivity contribution in [1.82, 2.24) is 24.7 Å². The van der Waals surface area contributed by atoms with E-state index in [0.717, 1.165) is 33.8 Å². The lowest BCUT2D eigenvalue weighted by atomic mass is 10.1. The van der Waals surface area contributed by atoms with E-state index in [1.54, 1.807) is 17.1 Å². The van der Waals surface area contributed by atoms with Crippen molar-refractivity contribution in [2.45, 2.75) is 0 Å². The molecule has 0 aliphatic heterocycles. The number of aromatic nitrogens is 5. The lowest BCUT2D eigenvalue weighted by Gasteiger charge is -2.07. The molecule has 0 radical (unpaired) electrons. The van der Waals surface area contributed by atoms with Gasteiger partial charge in [-0.25, -0.2) is 9.97 Å². The Bertz CT molecular complexity index is 1040. The summed E-state index contributed by atoms with van der Waals surface area (Å²) in [5.41, 5.74) is 3.75. The zero-order chi connectivity index (χ0) is 17.1. The molecule has 1 N–H and O–H groups in total. The average molecular weight is 328 g/mol. The van der Waals surface area contributed by atoms with E-state index in [4.69, 9.17) is 0 Å². The number of pyridine rings is 1. The summed E-state index contributed by atoms with van der Waals surface area (Å²) >= 11 is 0. The van der Waals surface area contributed by atoms with Gasteiger partial charge in [0.1, 0.15) is 12.1 Å². The highest BCUT2D eigenvalue weighted by Crippen LogP contribution is 2.23. The first kappa shape index (κ1) is 15.0. The fourth-order valence-electron chi connectivity index (χ4n) is 2.57. The van der Waals surface area contributed by atoms with Crippen LogP contribution in [-0.2, 0) is 7.05 Å². The van der Waals surface area contributed by atoms with Gasteiger partial charge in [0.2, 0.25) is 0 Å². The van der Waals surface area contributed by atoms with Crippen LogP contribution >= 0.6 is 0 Å². The number of anilines is 2. The van der Waals surface area contributed by atoms with Crippen LogP contribution in [0.1, 0.15) is 11.3 Å². The largest absolute Gasteiger partial charge is 0.340 e. The van der Waals surface area contributed by atoms with Crippen molar-refractivity contribution >= 4 is 34.7 Å². The molecule has 3 aromatic heterocycles. The lowest BCUT2D eigenvalue weighted by molar-refractivity contribution is 0.785. The zero-order valence-electron chi connectivity index (χ0n) is 13.7. The number of fused-ring (bicyclic) bond motifs is 1. The Morgan fingerprint density at radius 2 is 1.96 bits per heavy atom. The molecular weight excluding hydrogens is 312 g/mol. The summed E-state index contributed by atoms with van der Waals surface area (Å²) in [6.45, 7) is 0. The fourth-order valence-corrected chi connectivity index (χ4v) is 2.57. The maximum absolute atomic E-state index is 4.34. The third kappa shape index (κ3) is 3.23. The van der Waals surface area contributed by atoms with Crippen LogP contribution in [0, 0.1) is 0 Å². The first-order valence-corrected chi connectivity index (χ1v) is 7.88. The minimum atomic E-state index is 0.740. The van der Waals surface area contributed by atoms with E-state index in [1.807, 2.05) is 55.6 Å². The number of nitrogens with zero attached hydrogens (tertiary/aromatic N) is 5. The van der Waals surface area contributed by atoms with E-state index in [1.165, 1.54) is 6.33 Å². The molecule has 1 aromatic carbocycles. The smallest absolute Gasteiger partial charge is 0.163 e. The van der Waals surface area contributed by atoms with Crippen molar-refractivity contribution in [3.8, 4) is 0 Å². The maximum atomic E-state index is 4.34. The molecule has 0 aliphatic carbocycles. The summed E-state index contributed by atoms with van der Waals surface area (Å²) in [6, 6.07) is 14.0. The van der Waals surface area contributed by atoms with E-state index in [9.17, 15) is 0 Å². The van der Waals surface area contributed by atoms with Crippen LogP contribution in [0.15, 0.2) is 61.2 Å². The summed E-state index contributed by atoms with van der Waals surface area (Å²) in [6.07, 6.45) is 9.11. The molecule has 4 rings (SSSR count). The molecule has 122 valence electrons. The van der Waals surface area contributed by atoms with Gasteiger partial charge in [-0.2, -0.15) is 5.10 Å². The van der Waals surface area contributed by atoms with E-state index in [-0.39, 0.29) is 0 Å². The Labute approximate surface area is 144 Å². The van der Waals surface area contributed by atoms with Crippen molar-refractivity contribution in [1.29, 1.82) is 0 Å². The summed E-state index contributed by atoms with van der Waals surface area (Å²) < 4.78 is 1.73. The molecule has 6 nitrogen and oxygen atoms in total. The SMILES string of the molecule is Cn1ncc2c(Nc3cccc(/C=C/c4ccccn4)c3)ncnc21. The number of nitrogens with one attached hydrogen (secondary N) is 1. The second kappa shape index (κ2) is 6.52. The Morgan fingerprint density at radius 1 is 1.00 bits per heavy atom. The van der Waals surface area contributed by atoms with Crippen LogP contribution < -0.4 is 5.32 Å². The van der Waals surface area contributed by atoms with Crippen LogP contribution in [0.5, 0.6) is 0 Å². The number of rotatable bonds is 4. The van der Waals surface area contributed by atoms with Gasteiger partial charge in [0.15, 0.2) is 5.65 Å². The van der Waals surface area contributed by atoms with Gasteiger partial charge < -0.3 is 5.32 Å². The number of hydrogen-bond donors (Lipinski definition) is 1. The number of aryl methyl sites for hydroxylation is 1. The molecule has 4 aromatic rings. The first-order chi connectivity index (χ1) is 12.3. The normalized spacial score (nSPS) is 11.2. The zero-order valence-corrected chi connectivity index (χ0v) is 13.7. The predicted molar refractivity (Wildman–Crippen MR) is 99.2 cm³/mol. The molecule has 0 spiro atoms. The highest BCUT2D eigenvalue weighted by Gasteiger charge is 2.07. The van der Waals surface area contributed by atoms with Crippen LogP contribution in [0.25, 0.3) is 23.2 Å². The monoisotopic (exact) mass is 328 g/mol. The van der Waals surface area contributed by atoms with E-state index >= 15 is 0 Å². The third-order valence-corrected chi connectivity index (χ3v) is 3.81. The van der Waals surface area contributed by atoms with Gasteiger partial charge in [-0.1, -0.05) is 24.3 Å². The van der Waals surface area contributed by atoms with Crippen molar-refractivity contribution < 1.29 is 0 Å². The summed E-state index contributed by atoms with van der Waals surface area (Å²) in [5.74, 6) is 0.740. The molecular formula is C19H16N6. The average Bonchev–Trinajstić information content (AvgIpc) is 3.04. The molecule has 0 aliphatic rings. The minimum Gasteiger partial charge on any atom is -0.340 e. The second-order valence-corrected chi connectivity index (χ2v) is 5.57. The Morgan fingerprint density at radius 3 is 2.84 bits per heavy atom. The Balaban J connectivity index is 1.60. The lowest BCUT2D eigenvalue weighted by Crippen LogP contribution is -1.97. The molecule has 0 fully saturated rings. The van der Waals surface area contributed by atoms with E-state index in [2.05, 4.69) is 31.4 Å². The molecule has 0 saturated carbocycles. The van der Waals surface area contributed by atoms with Crippen molar-refractivity contribution in [2.75, 3.05) is 5.32 Å². The van der Waals surface area contributed by atoms with Crippen LogP contribution in [0.2, 0.25) is 0 Å². The summed E-state index contributed by atoms with van der Waals surface area (Å²) in [4.78, 5) is 12.9. The number of benzene rings is 1. The van der Waals surface area contributed by atoms with E-state index in [0.29, 0.717) is 0 Å².